The van der Waals surface area contributed by atoms with Crippen LogP contribution in [0.3, 0.4) is 0 Å². The van der Waals surface area contributed by atoms with E-state index in [0.717, 1.165) is 28.6 Å². The maximum Gasteiger partial charge on any atom is 0.318 e. The summed E-state index contributed by atoms with van der Waals surface area (Å²) >= 11 is 1.13. The van der Waals surface area contributed by atoms with Crippen molar-refractivity contribution in [2.75, 3.05) is 0 Å². The standard InChI is InChI=1S/C13H16N4O2S/c1-6-7(2)10(5-14)12(16-8(6)3)20-9(4)11(18)17-13(15)19/h9H,1-4H3,(H3,15,17,18,19). The molecule has 1 heterocycles. The minimum absolute atomic E-state index is 0.455. The molecule has 0 aliphatic heterocycles. The van der Waals surface area contributed by atoms with Crippen LogP contribution in [0.5, 0.6) is 0 Å². The number of carbonyl (C=O) groups excluding carboxylic acids is 2. The van der Waals surface area contributed by atoms with E-state index in [4.69, 9.17) is 5.73 Å². The molecule has 20 heavy (non-hydrogen) atoms. The molecule has 1 aromatic heterocycles. The number of imide groups is 1. The summed E-state index contributed by atoms with van der Waals surface area (Å²) in [6.45, 7) is 7.22. The smallest absolute Gasteiger partial charge is 0.318 e. The molecule has 6 nitrogen and oxygen atoms in total. The highest BCUT2D eigenvalue weighted by atomic mass is 32.2. The molecule has 1 rings (SSSR count). The molecule has 1 atom stereocenters. The maximum atomic E-state index is 11.7. The fourth-order valence-corrected chi connectivity index (χ4v) is 2.58. The van der Waals surface area contributed by atoms with Crippen molar-refractivity contribution in [3.8, 4) is 6.07 Å². The molecular weight excluding hydrogens is 276 g/mol. The average molecular weight is 292 g/mol. The lowest BCUT2D eigenvalue weighted by molar-refractivity contribution is -0.119. The Balaban J connectivity index is 3.07. The summed E-state index contributed by atoms with van der Waals surface area (Å²) in [5.74, 6) is -0.510. The molecule has 3 amide bonds. The number of hydrogen-bond acceptors (Lipinski definition) is 5. The Labute approximate surface area is 121 Å². The minimum atomic E-state index is -0.896. The van der Waals surface area contributed by atoms with Gasteiger partial charge in [0.15, 0.2) is 0 Å². The third-order valence-electron chi connectivity index (χ3n) is 2.98. The number of primary amides is 1. The summed E-state index contributed by atoms with van der Waals surface area (Å²) in [5, 5.41) is 11.1. The van der Waals surface area contributed by atoms with Gasteiger partial charge in [-0.05, 0) is 38.8 Å². The van der Waals surface area contributed by atoms with E-state index in [0.29, 0.717) is 10.6 Å². The van der Waals surface area contributed by atoms with E-state index >= 15 is 0 Å². The number of thioether (sulfide) groups is 1. The molecule has 0 saturated heterocycles. The predicted octanol–water partition coefficient (Wildman–Crippen LogP) is 1.55. The van der Waals surface area contributed by atoms with E-state index in [9.17, 15) is 14.9 Å². The largest absolute Gasteiger partial charge is 0.351 e. The predicted molar refractivity (Wildman–Crippen MR) is 76.2 cm³/mol. The van der Waals surface area contributed by atoms with Gasteiger partial charge in [-0.15, -0.1) is 0 Å². The van der Waals surface area contributed by atoms with Gasteiger partial charge in [0.1, 0.15) is 11.1 Å². The monoisotopic (exact) mass is 292 g/mol. The molecule has 0 aromatic carbocycles. The average Bonchev–Trinajstić information content (AvgIpc) is 2.35. The highest BCUT2D eigenvalue weighted by Gasteiger charge is 2.20. The Hall–Kier alpha value is -2.07. The Morgan fingerprint density at radius 3 is 2.45 bits per heavy atom. The van der Waals surface area contributed by atoms with E-state index in [1.165, 1.54) is 0 Å². The normalized spacial score (nSPS) is 11.6. The van der Waals surface area contributed by atoms with Crippen molar-refractivity contribution in [3.63, 3.8) is 0 Å². The van der Waals surface area contributed by atoms with Gasteiger partial charge < -0.3 is 5.73 Å². The number of nitrogens with one attached hydrogen (secondary N) is 1. The zero-order chi connectivity index (χ0) is 15.4. The summed E-state index contributed by atoms with van der Waals surface area (Å²) in [6, 6.07) is 1.21. The van der Waals surface area contributed by atoms with Gasteiger partial charge >= 0.3 is 6.03 Å². The topological polar surface area (TPSA) is 109 Å². The number of rotatable bonds is 3. The van der Waals surface area contributed by atoms with Gasteiger partial charge in [0.25, 0.3) is 0 Å². The van der Waals surface area contributed by atoms with Crippen molar-refractivity contribution in [3.05, 3.63) is 22.4 Å². The first-order valence-corrected chi connectivity index (χ1v) is 6.80. The summed E-state index contributed by atoms with van der Waals surface area (Å²) in [5.41, 5.74) is 7.98. The molecule has 1 unspecified atom stereocenters. The Bertz CT molecular complexity index is 607. The van der Waals surface area contributed by atoms with Crippen LogP contribution in [0.1, 0.15) is 29.3 Å². The first kappa shape index (κ1) is 16.0. The number of hydrogen-bond donors (Lipinski definition) is 2. The van der Waals surface area contributed by atoms with Gasteiger partial charge in [0.05, 0.1) is 10.8 Å². The van der Waals surface area contributed by atoms with E-state index < -0.39 is 17.2 Å². The molecule has 0 radical (unpaired) electrons. The number of aromatic nitrogens is 1. The number of urea groups is 1. The molecule has 0 bridgehead atoms. The molecule has 0 fully saturated rings. The number of carbonyl (C=O) groups is 2. The Morgan fingerprint density at radius 1 is 1.35 bits per heavy atom. The third kappa shape index (κ3) is 3.48. The highest BCUT2D eigenvalue weighted by molar-refractivity contribution is 8.00. The van der Waals surface area contributed by atoms with Crippen LogP contribution >= 0.6 is 11.8 Å². The van der Waals surface area contributed by atoms with Gasteiger partial charge in [-0.1, -0.05) is 11.8 Å². The first-order valence-electron chi connectivity index (χ1n) is 5.92. The van der Waals surface area contributed by atoms with Gasteiger partial charge in [-0.2, -0.15) is 5.26 Å². The zero-order valence-corrected chi connectivity index (χ0v) is 12.6. The van der Waals surface area contributed by atoms with Crippen molar-refractivity contribution in [2.45, 2.75) is 38.0 Å². The molecule has 0 saturated carbocycles. The Kier molecular flexibility index (Phi) is 5.11. The second kappa shape index (κ2) is 6.39. The number of nitrogens with two attached hydrogens (primary N) is 1. The van der Waals surface area contributed by atoms with E-state index in [2.05, 4.69) is 11.1 Å². The van der Waals surface area contributed by atoms with Crippen LogP contribution in [-0.4, -0.2) is 22.2 Å². The molecule has 0 aliphatic carbocycles. The third-order valence-corrected chi connectivity index (χ3v) is 4.07. The summed E-state index contributed by atoms with van der Waals surface area (Å²) in [4.78, 5) is 26.7. The number of nitriles is 1. The van der Waals surface area contributed by atoms with Crippen LogP contribution in [0, 0.1) is 32.1 Å². The summed E-state index contributed by atoms with van der Waals surface area (Å²) < 4.78 is 0. The van der Waals surface area contributed by atoms with Gasteiger partial charge in [0.2, 0.25) is 5.91 Å². The maximum absolute atomic E-state index is 11.7. The summed E-state index contributed by atoms with van der Waals surface area (Å²) in [7, 11) is 0. The lowest BCUT2D eigenvalue weighted by Crippen LogP contribution is -2.39. The van der Waals surface area contributed by atoms with Gasteiger partial charge in [-0.25, -0.2) is 9.78 Å². The van der Waals surface area contributed by atoms with E-state index in [1.807, 2.05) is 26.1 Å². The molecule has 1 aromatic rings. The second-order valence-corrected chi connectivity index (χ2v) is 5.68. The van der Waals surface area contributed by atoms with Crippen LogP contribution in [0.15, 0.2) is 5.03 Å². The molecule has 7 heteroatoms. The fraction of sp³-hybridized carbons (Fsp3) is 0.385. The van der Waals surface area contributed by atoms with Crippen molar-refractivity contribution in [2.24, 2.45) is 5.73 Å². The number of nitrogens with zero attached hydrogens (tertiary/aromatic N) is 2. The van der Waals surface area contributed by atoms with E-state index in [-0.39, 0.29) is 0 Å². The molecule has 0 aliphatic rings. The van der Waals surface area contributed by atoms with Crippen LogP contribution in [0.4, 0.5) is 4.79 Å². The molecular formula is C13H16N4O2S. The number of amides is 3. The van der Waals surface area contributed by atoms with Crippen LogP contribution in [-0.2, 0) is 4.79 Å². The quantitative estimate of drug-likeness (QED) is 0.821. The van der Waals surface area contributed by atoms with Crippen LogP contribution < -0.4 is 11.1 Å². The van der Waals surface area contributed by atoms with Crippen molar-refractivity contribution >= 4 is 23.7 Å². The van der Waals surface area contributed by atoms with Crippen molar-refractivity contribution < 1.29 is 9.59 Å². The van der Waals surface area contributed by atoms with Crippen molar-refractivity contribution in [1.82, 2.24) is 10.3 Å². The minimum Gasteiger partial charge on any atom is -0.351 e. The van der Waals surface area contributed by atoms with Crippen LogP contribution in [0.2, 0.25) is 0 Å². The van der Waals surface area contributed by atoms with E-state index in [1.54, 1.807) is 6.92 Å². The SMILES string of the molecule is Cc1nc(SC(C)C(=O)NC(N)=O)c(C#N)c(C)c1C. The van der Waals surface area contributed by atoms with Gasteiger partial charge in [-0.3, -0.25) is 10.1 Å². The highest BCUT2D eigenvalue weighted by Crippen LogP contribution is 2.29. The van der Waals surface area contributed by atoms with Crippen molar-refractivity contribution in [1.29, 1.82) is 5.26 Å². The molecule has 3 N–H and O–H groups in total. The molecule has 106 valence electrons. The Morgan fingerprint density at radius 2 is 1.95 bits per heavy atom. The van der Waals surface area contributed by atoms with Crippen LogP contribution in [0.25, 0.3) is 0 Å². The lowest BCUT2D eigenvalue weighted by Gasteiger charge is -2.14. The van der Waals surface area contributed by atoms with Gasteiger partial charge in [0, 0.05) is 5.69 Å². The fourth-order valence-electron chi connectivity index (χ4n) is 1.57. The number of aryl methyl sites for hydroxylation is 1. The lowest BCUT2D eigenvalue weighted by atomic mass is 10.1. The summed E-state index contributed by atoms with van der Waals surface area (Å²) in [6.07, 6.45) is 0. The molecule has 0 spiro atoms. The number of pyridine rings is 1. The first-order chi connectivity index (χ1) is 9.27. The zero-order valence-electron chi connectivity index (χ0n) is 11.8. The second-order valence-electron chi connectivity index (χ2n) is 4.35.